The van der Waals surface area contributed by atoms with Crippen LogP contribution in [0.1, 0.15) is 0 Å². The van der Waals surface area contributed by atoms with E-state index in [4.69, 9.17) is 27.9 Å². The van der Waals surface area contributed by atoms with Crippen LogP contribution in [0.25, 0.3) is 0 Å². The number of rotatable bonds is 5. The standard InChI is InChI=1S/C13H9Cl2N3O4/c14-8-5-9(15)13(16-6-8)17-12(19)7-22-11-4-2-1-3-10(11)18(20)21/h1-6H,7H2,(H,16,17,19). The molecule has 0 bridgehead atoms. The van der Waals surface area contributed by atoms with Crippen molar-refractivity contribution >= 4 is 40.6 Å². The second-order valence-corrected chi connectivity index (χ2v) is 4.89. The SMILES string of the molecule is O=C(COc1ccccc1[N+](=O)[O-])Nc1ncc(Cl)cc1Cl. The van der Waals surface area contributed by atoms with Crippen LogP contribution in [0.4, 0.5) is 11.5 Å². The number of carbonyl (C=O) groups is 1. The van der Waals surface area contributed by atoms with Crippen LogP contribution < -0.4 is 10.1 Å². The fourth-order valence-electron chi connectivity index (χ4n) is 1.55. The number of hydrogen-bond acceptors (Lipinski definition) is 5. The lowest BCUT2D eigenvalue weighted by atomic mass is 10.3. The monoisotopic (exact) mass is 341 g/mol. The molecular weight excluding hydrogens is 333 g/mol. The summed E-state index contributed by atoms with van der Waals surface area (Å²) in [6.45, 7) is -0.425. The van der Waals surface area contributed by atoms with Gasteiger partial charge in [-0.3, -0.25) is 14.9 Å². The molecule has 0 radical (unpaired) electrons. The van der Waals surface area contributed by atoms with Crippen molar-refractivity contribution in [2.75, 3.05) is 11.9 Å². The largest absolute Gasteiger partial charge is 0.477 e. The maximum atomic E-state index is 11.8. The van der Waals surface area contributed by atoms with Crippen molar-refractivity contribution in [2.24, 2.45) is 0 Å². The van der Waals surface area contributed by atoms with Crippen molar-refractivity contribution in [3.63, 3.8) is 0 Å². The molecule has 0 spiro atoms. The molecule has 1 heterocycles. The van der Waals surface area contributed by atoms with Crippen molar-refractivity contribution in [3.05, 3.63) is 56.7 Å². The molecule has 2 rings (SSSR count). The fourth-order valence-corrected chi connectivity index (χ4v) is 1.98. The van der Waals surface area contributed by atoms with E-state index >= 15 is 0 Å². The minimum absolute atomic E-state index is 0.00203. The van der Waals surface area contributed by atoms with Crippen LogP contribution in [-0.4, -0.2) is 22.4 Å². The van der Waals surface area contributed by atoms with Gasteiger partial charge in [0.25, 0.3) is 5.91 Å². The quantitative estimate of drug-likeness (QED) is 0.664. The number of hydrogen-bond donors (Lipinski definition) is 1. The highest BCUT2D eigenvalue weighted by atomic mass is 35.5. The highest BCUT2D eigenvalue weighted by Gasteiger charge is 2.15. The third-order valence-electron chi connectivity index (χ3n) is 2.49. The van der Waals surface area contributed by atoms with Crippen LogP contribution in [0.2, 0.25) is 10.0 Å². The molecule has 0 unspecified atom stereocenters. The summed E-state index contributed by atoms with van der Waals surface area (Å²) in [5.74, 6) is -0.435. The molecule has 1 amide bonds. The number of nitrogens with one attached hydrogen (secondary N) is 1. The Hall–Kier alpha value is -2.38. The van der Waals surface area contributed by atoms with Gasteiger partial charge in [-0.1, -0.05) is 35.3 Å². The van der Waals surface area contributed by atoms with Gasteiger partial charge in [0.15, 0.2) is 18.2 Å². The van der Waals surface area contributed by atoms with E-state index in [2.05, 4.69) is 10.3 Å². The first-order valence-corrected chi connectivity index (χ1v) is 6.70. The number of carbonyl (C=O) groups excluding carboxylic acids is 1. The fraction of sp³-hybridized carbons (Fsp3) is 0.0769. The summed E-state index contributed by atoms with van der Waals surface area (Å²) in [5.41, 5.74) is -0.224. The van der Waals surface area contributed by atoms with Crippen LogP contribution in [-0.2, 0) is 4.79 Å². The van der Waals surface area contributed by atoms with Crippen LogP contribution in [0.15, 0.2) is 36.5 Å². The number of pyridine rings is 1. The summed E-state index contributed by atoms with van der Waals surface area (Å²) >= 11 is 11.6. The zero-order chi connectivity index (χ0) is 16.1. The zero-order valence-corrected chi connectivity index (χ0v) is 12.5. The summed E-state index contributed by atoms with van der Waals surface area (Å²) in [4.78, 5) is 25.9. The van der Waals surface area contributed by atoms with Gasteiger partial charge < -0.3 is 10.1 Å². The molecule has 0 aliphatic rings. The lowest BCUT2D eigenvalue weighted by molar-refractivity contribution is -0.385. The molecule has 22 heavy (non-hydrogen) atoms. The smallest absolute Gasteiger partial charge is 0.310 e. The lowest BCUT2D eigenvalue weighted by Gasteiger charge is -2.08. The van der Waals surface area contributed by atoms with E-state index in [1.165, 1.54) is 30.5 Å². The summed E-state index contributed by atoms with van der Waals surface area (Å²) in [5, 5.41) is 13.7. The summed E-state index contributed by atoms with van der Waals surface area (Å²) in [7, 11) is 0. The number of amides is 1. The number of para-hydroxylation sites is 2. The molecule has 2 aromatic rings. The molecule has 114 valence electrons. The van der Waals surface area contributed by atoms with Crippen LogP contribution >= 0.6 is 23.2 Å². The highest BCUT2D eigenvalue weighted by molar-refractivity contribution is 6.36. The molecule has 0 atom stereocenters. The third kappa shape index (κ3) is 4.06. The number of benzene rings is 1. The van der Waals surface area contributed by atoms with Gasteiger partial charge in [-0.15, -0.1) is 0 Å². The van der Waals surface area contributed by atoms with Gasteiger partial charge in [-0.25, -0.2) is 4.98 Å². The Kier molecular flexibility index (Phi) is 5.13. The van der Waals surface area contributed by atoms with Gasteiger partial charge in [-0.2, -0.15) is 0 Å². The van der Waals surface area contributed by atoms with Crippen molar-refractivity contribution in [1.29, 1.82) is 0 Å². The molecular formula is C13H9Cl2N3O4. The summed E-state index contributed by atoms with van der Waals surface area (Å²) in [6, 6.07) is 7.18. The normalized spacial score (nSPS) is 10.1. The van der Waals surface area contributed by atoms with E-state index in [0.29, 0.717) is 5.02 Å². The lowest BCUT2D eigenvalue weighted by Crippen LogP contribution is -2.21. The number of nitro groups is 1. The molecule has 0 fully saturated rings. The minimum atomic E-state index is -0.592. The highest BCUT2D eigenvalue weighted by Crippen LogP contribution is 2.26. The number of nitrogens with zero attached hydrogens (tertiary/aromatic N) is 2. The van der Waals surface area contributed by atoms with E-state index in [1.807, 2.05) is 0 Å². The third-order valence-corrected chi connectivity index (χ3v) is 2.98. The molecule has 0 aliphatic carbocycles. The summed E-state index contributed by atoms with van der Waals surface area (Å²) in [6.07, 6.45) is 1.33. The first-order valence-electron chi connectivity index (χ1n) is 5.94. The maximum absolute atomic E-state index is 11.8. The molecule has 1 aromatic heterocycles. The molecule has 7 nitrogen and oxygen atoms in total. The Balaban J connectivity index is 2.00. The van der Waals surface area contributed by atoms with Gasteiger partial charge in [0.1, 0.15) is 0 Å². The van der Waals surface area contributed by atoms with Gasteiger partial charge in [0.05, 0.1) is 15.0 Å². The Morgan fingerprint density at radius 1 is 1.36 bits per heavy atom. The molecule has 0 aliphatic heterocycles. The Morgan fingerprint density at radius 3 is 2.77 bits per heavy atom. The van der Waals surface area contributed by atoms with Crippen molar-refractivity contribution in [2.45, 2.75) is 0 Å². The Labute approximate surface area is 135 Å². The van der Waals surface area contributed by atoms with E-state index in [9.17, 15) is 14.9 Å². The average Bonchev–Trinajstić information content (AvgIpc) is 2.48. The second-order valence-electron chi connectivity index (χ2n) is 4.05. The number of halogens is 2. The predicted molar refractivity (Wildman–Crippen MR) is 81.5 cm³/mol. The van der Waals surface area contributed by atoms with E-state index < -0.39 is 17.4 Å². The summed E-state index contributed by atoms with van der Waals surface area (Å²) < 4.78 is 5.15. The van der Waals surface area contributed by atoms with Gasteiger partial charge in [-0.05, 0) is 12.1 Å². The molecule has 1 N–H and O–H groups in total. The van der Waals surface area contributed by atoms with Crippen LogP contribution in [0.5, 0.6) is 5.75 Å². The van der Waals surface area contributed by atoms with E-state index in [1.54, 1.807) is 6.07 Å². The predicted octanol–water partition coefficient (Wildman–Crippen LogP) is 3.31. The minimum Gasteiger partial charge on any atom is -0.477 e. The molecule has 1 aromatic carbocycles. The number of nitro benzene ring substituents is 1. The second kappa shape index (κ2) is 7.06. The first kappa shape index (κ1) is 16.0. The van der Waals surface area contributed by atoms with Crippen molar-refractivity contribution in [3.8, 4) is 5.75 Å². The Morgan fingerprint density at radius 2 is 2.09 bits per heavy atom. The zero-order valence-electron chi connectivity index (χ0n) is 11.0. The molecule has 9 heteroatoms. The Bertz CT molecular complexity index is 724. The van der Waals surface area contributed by atoms with Crippen molar-refractivity contribution in [1.82, 2.24) is 4.98 Å². The number of ether oxygens (including phenoxy) is 1. The van der Waals surface area contributed by atoms with Crippen molar-refractivity contribution < 1.29 is 14.5 Å². The van der Waals surface area contributed by atoms with Gasteiger partial charge in [0.2, 0.25) is 0 Å². The number of aromatic nitrogens is 1. The maximum Gasteiger partial charge on any atom is 0.310 e. The molecule has 0 saturated heterocycles. The average molecular weight is 342 g/mol. The van der Waals surface area contributed by atoms with E-state index in [0.717, 1.165) is 0 Å². The molecule has 0 saturated carbocycles. The number of anilines is 1. The first-order chi connectivity index (χ1) is 10.5. The van der Waals surface area contributed by atoms with E-state index in [-0.39, 0.29) is 22.3 Å². The topological polar surface area (TPSA) is 94.4 Å². The van der Waals surface area contributed by atoms with Gasteiger partial charge in [0, 0.05) is 12.3 Å². The van der Waals surface area contributed by atoms with Crippen LogP contribution in [0.3, 0.4) is 0 Å². The van der Waals surface area contributed by atoms with Gasteiger partial charge >= 0.3 is 5.69 Å². The van der Waals surface area contributed by atoms with Crippen LogP contribution in [0, 0.1) is 10.1 Å².